The van der Waals surface area contributed by atoms with Gasteiger partial charge in [0.1, 0.15) is 0 Å². The third-order valence-electron chi connectivity index (χ3n) is 3.25. The summed E-state index contributed by atoms with van der Waals surface area (Å²) in [5.41, 5.74) is 1.39. The zero-order chi connectivity index (χ0) is 15.9. The van der Waals surface area contributed by atoms with Crippen molar-refractivity contribution >= 4 is 11.9 Å². The molecule has 0 saturated heterocycles. The first-order chi connectivity index (χ1) is 10.6. The van der Waals surface area contributed by atoms with Crippen molar-refractivity contribution in [3.05, 3.63) is 60.2 Å². The highest BCUT2D eigenvalue weighted by atomic mass is 16.4. The van der Waals surface area contributed by atoms with Crippen LogP contribution in [0.25, 0.3) is 0 Å². The summed E-state index contributed by atoms with van der Waals surface area (Å²) < 4.78 is 0. The average molecular weight is 299 g/mol. The van der Waals surface area contributed by atoms with E-state index in [9.17, 15) is 9.59 Å². The topological polar surface area (TPSA) is 83.4 Å². The van der Waals surface area contributed by atoms with Gasteiger partial charge in [0, 0.05) is 43.4 Å². The molecule has 6 heteroatoms. The monoisotopic (exact) mass is 299 g/mol. The van der Waals surface area contributed by atoms with Gasteiger partial charge in [0.25, 0.3) is 5.91 Å². The number of carbonyl (C=O) groups excluding carboxylic acids is 1. The second kappa shape index (κ2) is 7.31. The summed E-state index contributed by atoms with van der Waals surface area (Å²) in [6.07, 6.45) is 6.37. The number of rotatable bonds is 6. The Balaban J connectivity index is 2.21. The Morgan fingerprint density at radius 3 is 2.18 bits per heavy atom. The molecule has 0 fully saturated rings. The van der Waals surface area contributed by atoms with Crippen molar-refractivity contribution < 1.29 is 14.7 Å². The van der Waals surface area contributed by atoms with Crippen LogP contribution in [-0.2, 0) is 11.3 Å². The number of amides is 1. The number of aliphatic carboxylic acids is 1. The Bertz CT molecular complexity index is 632. The summed E-state index contributed by atoms with van der Waals surface area (Å²) in [4.78, 5) is 33.0. The van der Waals surface area contributed by atoms with Gasteiger partial charge in [0.05, 0.1) is 5.92 Å². The van der Waals surface area contributed by atoms with Crippen LogP contribution in [0.15, 0.2) is 49.1 Å². The molecule has 1 N–H and O–H groups in total. The van der Waals surface area contributed by atoms with E-state index in [0.29, 0.717) is 12.1 Å². The van der Waals surface area contributed by atoms with Gasteiger partial charge in [0.15, 0.2) is 0 Å². The molecule has 2 aromatic heterocycles. The van der Waals surface area contributed by atoms with E-state index in [0.717, 1.165) is 5.56 Å². The van der Waals surface area contributed by atoms with Crippen molar-refractivity contribution in [2.24, 2.45) is 5.92 Å². The van der Waals surface area contributed by atoms with Gasteiger partial charge in [-0.2, -0.15) is 0 Å². The molecule has 0 spiro atoms. The fourth-order valence-corrected chi connectivity index (χ4v) is 2.01. The Morgan fingerprint density at radius 2 is 1.64 bits per heavy atom. The van der Waals surface area contributed by atoms with Crippen LogP contribution in [0.5, 0.6) is 0 Å². The number of aromatic nitrogens is 2. The van der Waals surface area contributed by atoms with Crippen LogP contribution < -0.4 is 0 Å². The van der Waals surface area contributed by atoms with E-state index >= 15 is 0 Å². The van der Waals surface area contributed by atoms with Crippen molar-refractivity contribution in [3.63, 3.8) is 0 Å². The highest BCUT2D eigenvalue weighted by Crippen LogP contribution is 2.12. The largest absolute Gasteiger partial charge is 0.481 e. The maximum Gasteiger partial charge on any atom is 0.308 e. The van der Waals surface area contributed by atoms with Crippen LogP contribution in [0.2, 0.25) is 0 Å². The number of carbonyl (C=O) groups is 2. The van der Waals surface area contributed by atoms with Gasteiger partial charge >= 0.3 is 5.97 Å². The molecule has 0 aromatic carbocycles. The maximum atomic E-state index is 12.6. The number of hydrogen-bond donors (Lipinski definition) is 1. The molecule has 0 aliphatic rings. The van der Waals surface area contributed by atoms with Gasteiger partial charge in [0.2, 0.25) is 0 Å². The number of hydrogen-bond acceptors (Lipinski definition) is 4. The van der Waals surface area contributed by atoms with Gasteiger partial charge in [-0.1, -0.05) is 6.92 Å². The molecule has 0 saturated carbocycles. The minimum absolute atomic E-state index is 0.138. The lowest BCUT2D eigenvalue weighted by Gasteiger charge is -2.24. The average Bonchev–Trinajstić information content (AvgIpc) is 2.55. The van der Waals surface area contributed by atoms with Crippen LogP contribution in [-0.4, -0.2) is 38.4 Å². The van der Waals surface area contributed by atoms with Gasteiger partial charge in [-0.05, 0) is 29.8 Å². The van der Waals surface area contributed by atoms with Crippen molar-refractivity contribution in [1.82, 2.24) is 14.9 Å². The molecule has 0 aliphatic carbocycles. The third-order valence-corrected chi connectivity index (χ3v) is 3.25. The fraction of sp³-hybridized carbons (Fsp3) is 0.250. The van der Waals surface area contributed by atoms with Crippen molar-refractivity contribution in [2.45, 2.75) is 13.5 Å². The van der Waals surface area contributed by atoms with E-state index in [1.54, 1.807) is 56.0 Å². The van der Waals surface area contributed by atoms with Gasteiger partial charge in [-0.25, -0.2) is 0 Å². The van der Waals surface area contributed by atoms with E-state index in [2.05, 4.69) is 9.97 Å². The summed E-state index contributed by atoms with van der Waals surface area (Å²) in [6, 6.07) is 6.84. The maximum absolute atomic E-state index is 12.6. The second-order valence-corrected chi connectivity index (χ2v) is 5.02. The molecule has 1 atom stereocenters. The highest BCUT2D eigenvalue weighted by molar-refractivity contribution is 5.94. The minimum atomic E-state index is -0.928. The first kappa shape index (κ1) is 15.6. The zero-order valence-corrected chi connectivity index (χ0v) is 12.2. The lowest BCUT2D eigenvalue weighted by atomic mass is 10.1. The quantitative estimate of drug-likeness (QED) is 0.880. The van der Waals surface area contributed by atoms with E-state index in [1.165, 1.54) is 4.90 Å². The number of nitrogens with zero attached hydrogens (tertiary/aromatic N) is 3. The van der Waals surface area contributed by atoms with Crippen LogP contribution in [0.1, 0.15) is 22.8 Å². The van der Waals surface area contributed by atoms with Crippen LogP contribution in [0.3, 0.4) is 0 Å². The van der Waals surface area contributed by atoms with Crippen molar-refractivity contribution in [3.8, 4) is 0 Å². The van der Waals surface area contributed by atoms with E-state index < -0.39 is 11.9 Å². The normalized spacial score (nSPS) is 11.7. The lowest BCUT2D eigenvalue weighted by molar-refractivity contribution is -0.141. The summed E-state index contributed by atoms with van der Waals surface area (Å²) in [7, 11) is 0. The van der Waals surface area contributed by atoms with E-state index in [1.807, 2.05) is 0 Å². The zero-order valence-electron chi connectivity index (χ0n) is 12.2. The number of carboxylic acid groups (broad SMARTS) is 1. The van der Waals surface area contributed by atoms with Crippen molar-refractivity contribution in [2.75, 3.05) is 6.54 Å². The molecule has 1 unspecified atom stereocenters. The molecule has 2 rings (SSSR count). The van der Waals surface area contributed by atoms with Crippen LogP contribution in [0, 0.1) is 5.92 Å². The standard InChI is InChI=1S/C16H17N3O3/c1-12(16(21)22)10-19(11-13-2-6-17-7-3-13)15(20)14-4-8-18-9-5-14/h2-9,12H,10-11H2,1H3,(H,21,22). The molecule has 6 nitrogen and oxygen atoms in total. The summed E-state index contributed by atoms with van der Waals surface area (Å²) >= 11 is 0. The number of pyridine rings is 2. The van der Waals surface area contributed by atoms with E-state index in [-0.39, 0.29) is 12.5 Å². The molecule has 114 valence electrons. The molecule has 22 heavy (non-hydrogen) atoms. The number of carboxylic acids is 1. The van der Waals surface area contributed by atoms with Crippen LogP contribution in [0.4, 0.5) is 0 Å². The Kier molecular flexibility index (Phi) is 5.19. The first-order valence-electron chi connectivity index (χ1n) is 6.89. The molecule has 0 bridgehead atoms. The third kappa shape index (κ3) is 4.12. The summed E-state index contributed by atoms with van der Waals surface area (Å²) in [6.45, 7) is 2.06. The van der Waals surface area contributed by atoms with Gasteiger partial charge < -0.3 is 10.0 Å². The molecule has 0 radical (unpaired) electrons. The summed E-state index contributed by atoms with van der Waals surface area (Å²) in [5, 5.41) is 9.09. The smallest absolute Gasteiger partial charge is 0.308 e. The summed E-state index contributed by atoms with van der Waals surface area (Å²) in [5.74, 6) is -1.79. The van der Waals surface area contributed by atoms with Crippen molar-refractivity contribution in [1.29, 1.82) is 0 Å². The van der Waals surface area contributed by atoms with E-state index in [4.69, 9.17) is 5.11 Å². The molecule has 2 heterocycles. The predicted molar refractivity (Wildman–Crippen MR) is 80.0 cm³/mol. The van der Waals surface area contributed by atoms with Crippen LogP contribution >= 0.6 is 0 Å². The molecular weight excluding hydrogens is 282 g/mol. The molecule has 1 amide bonds. The Labute approximate surface area is 128 Å². The Hall–Kier alpha value is -2.76. The molecule has 2 aromatic rings. The first-order valence-corrected chi connectivity index (χ1v) is 6.89. The fourth-order valence-electron chi connectivity index (χ4n) is 2.01. The second-order valence-electron chi connectivity index (χ2n) is 5.02. The van der Waals surface area contributed by atoms with Gasteiger partial charge in [-0.15, -0.1) is 0 Å². The SMILES string of the molecule is CC(CN(Cc1ccncc1)C(=O)c1ccncc1)C(=O)O. The Morgan fingerprint density at radius 1 is 1.09 bits per heavy atom. The lowest BCUT2D eigenvalue weighted by Crippen LogP contribution is -2.36. The molecular formula is C16H17N3O3. The van der Waals surface area contributed by atoms with Gasteiger partial charge in [-0.3, -0.25) is 19.6 Å². The minimum Gasteiger partial charge on any atom is -0.481 e. The highest BCUT2D eigenvalue weighted by Gasteiger charge is 2.21. The predicted octanol–water partition coefficient (Wildman–Crippen LogP) is 1.84. The molecule has 0 aliphatic heterocycles.